The first-order chi connectivity index (χ1) is 8.75. The summed E-state index contributed by atoms with van der Waals surface area (Å²) < 4.78 is 0. The second-order valence-electron chi connectivity index (χ2n) is 4.51. The van der Waals surface area contributed by atoms with Gasteiger partial charge in [0.25, 0.3) is 0 Å². The highest BCUT2D eigenvalue weighted by atomic mass is 32.1. The van der Waals surface area contributed by atoms with E-state index in [1.165, 1.54) is 16.8 Å². The second-order valence-corrected chi connectivity index (χ2v) is 5.10. The number of hydrogen-bond donors (Lipinski definition) is 0. The van der Waals surface area contributed by atoms with Crippen LogP contribution in [0.25, 0.3) is 11.1 Å². The molecule has 0 bridgehead atoms. The van der Waals surface area contributed by atoms with Gasteiger partial charge in [-0.25, -0.2) is 0 Å². The Bertz CT molecular complexity index is 593. The van der Waals surface area contributed by atoms with Crippen molar-refractivity contribution in [1.29, 1.82) is 0 Å². The first-order valence-electron chi connectivity index (χ1n) is 6.07. The van der Waals surface area contributed by atoms with Gasteiger partial charge in [-0.1, -0.05) is 24.4 Å². The van der Waals surface area contributed by atoms with Crippen LogP contribution in [-0.4, -0.2) is 16.5 Å². The van der Waals surface area contributed by atoms with E-state index in [9.17, 15) is 0 Å². The molecule has 0 saturated heterocycles. The zero-order valence-corrected chi connectivity index (χ0v) is 11.1. The van der Waals surface area contributed by atoms with Gasteiger partial charge in [0.15, 0.2) is 0 Å². The van der Waals surface area contributed by atoms with Crippen LogP contribution in [-0.2, 0) is 6.42 Å². The second kappa shape index (κ2) is 4.50. The van der Waals surface area contributed by atoms with Crippen LogP contribution in [0.1, 0.15) is 12.5 Å². The Labute approximate surface area is 112 Å². The topological polar surface area (TPSA) is 16.1 Å². The molecular formula is C15H14N2S. The summed E-state index contributed by atoms with van der Waals surface area (Å²) >= 11 is 5.27. The van der Waals surface area contributed by atoms with Gasteiger partial charge in [-0.3, -0.25) is 4.98 Å². The van der Waals surface area contributed by atoms with E-state index in [0.29, 0.717) is 0 Å². The summed E-state index contributed by atoms with van der Waals surface area (Å²) in [4.78, 5) is 7.32. The molecule has 0 atom stereocenters. The van der Waals surface area contributed by atoms with E-state index >= 15 is 0 Å². The highest BCUT2D eigenvalue weighted by Gasteiger charge is 2.20. The SMILES string of the molecule is CC(=S)N1CCc2cc(-c3cccnc3)ccc21. The smallest absolute Gasteiger partial charge is 0.0792 e. The average Bonchev–Trinajstić information content (AvgIpc) is 2.82. The molecule has 2 heterocycles. The molecule has 1 aromatic carbocycles. The van der Waals surface area contributed by atoms with Gasteiger partial charge >= 0.3 is 0 Å². The van der Waals surface area contributed by atoms with E-state index in [4.69, 9.17) is 12.2 Å². The van der Waals surface area contributed by atoms with Gasteiger partial charge in [-0.15, -0.1) is 0 Å². The van der Waals surface area contributed by atoms with E-state index in [2.05, 4.69) is 34.1 Å². The Hall–Kier alpha value is -1.74. The zero-order chi connectivity index (χ0) is 12.5. The summed E-state index contributed by atoms with van der Waals surface area (Å²) in [5.74, 6) is 0. The van der Waals surface area contributed by atoms with Crippen molar-refractivity contribution in [2.75, 3.05) is 11.4 Å². The number of pyridine rings is 1. The number of hydrogen-bond acceptors (Lipinski definition) is 2. The molecule has 18 heavy (non-hydrogen) atoms. The van der Waals surface area contributed by atoms with Crippen molar-refractivity contribution in [2.45, 2.75) is 13.3 Å². The highest BCUT2D eigenvalue weighted by Crippen LogP contribution is 2.32. The number of nitrogens with zero attached hydrogens (tertiary/aromatic N) is 2. The molecular weight excluding hydrogens is 240 g/mol. The minimum Gasteiger partial charge on any atom is -0.336 e. The molecule has 1 aliphatic heterocycles. The molecule has 0 radical (unpaired) electrons. The number of anilines is 1. The first-order valence-corrected chi connectivity index (χ1v) is 6.48. The molecule has 90 valence electrons. The van der Waals surface area contributed by atoms with E-state index in [-0.39, 0.29) is 0 Å². The third kappa shape index (κ3) is 1.91. The van der Waals surface area contributed by atoms with Gasteiger partial charge in [0, 0.05) is 24.6 Å². The lowest BCUT2D eigenvalue weighted by molar-refractivity contribution is 1.03. The largest absolute Gasteiger partial charge is 0.336 e. The monoisotopic (exact) mass is 254 g/mol. The lowest BCUT2D eigenvalue weighted by Gasteiger charge is -2.17. The van der Waals surface area contributed by atoms with Crippen LogP contribution < -0.4 is 4.90 Å². The average molecular weight is 254 g/mol. The van der Waals surface area contributed by atoms with E-state index < -0.39 is 0 Å². The molecule has 3 rings (SSSR count). The number of fused-ring (bicyclic) bond motifs is 1. The van der Waals surface area contributed by atoms with Gasteiger partial charge in [0.05, 0.1) is 4.99 Å². The maximum atomic E-state index is 5.27. The summed E-state index contributed by atoms with van der Waals surface area (Å²) in [6, 6.07) is 10.6. The Morgan fingerprint density at radius 2 is 2.17 bits per heavy atom. The quantitative estimate of drug-likeness (QED) is 0.725. The lowest BCUT2D eigenvalue weighted by atomic mass is 10.0. The highest BCUT2D eigenvalue weighted by molar-refractivity contribution is 7.80. The zero-order valence-electron chi connectivity index (χ0n) is 10.3. The van der Waals surface area contributed by atoms with Crippen molar-refractivity contribution in [3.8, 4) is 11.1 Å². The molecule has 0 spiro atoms. The van der Waals surface area contributed by atoms with Gasteiger partial charge < -0.3 is 4.90 Å². The normalized spacial score (nSPS) is 13.5. The Balaban J connectivity index is 2.01. The lowest BCUT2D eigenvalue weighted by Crippen LogP contribution is -2.24. The molecule has 0 amide bonds. The number of thiocarbonyl (C=S) groups is 1. The van der Waals surface area contributed by atoms with Crippen LogP contribution in [0, 0.1) is 0 Å². The summed E-state index contributed by atoms with van der Waals surface area (Å²) in [6.07, 6.45) is 4.77. The van der Waals surface area contributed by atoms with Crippen LogP contribution in [0.15, 0.2) is 42.7 Å². The Morgan fingerprint density at radius 3 is 2.89 bits per heavy atom. The Kier molecular flexibility index (Phi) is 2.84. The number of aromatic nitrogens is 1. The van der Waals surface area contributed by atoms with Gasteiger partial charge in [-0.2, -0.15) is 0 Å². The minimum absolute atomic E-state index is 0.947. The molecule has 0 aliphatic carbocycles. The molecule has 0 unspecified atom stereocenters. The van der Waals surface area contributed by atoms with Gasteiger partial charge in [0.2, 0.25) is 0 Å². The van der Waals surface area contributed by atoms with Crippen LogP contribution in [0.3, 0.4) is 0 Å². The van der Waals surface area contributed by atoms with Gasteiger partial charge in [0.1, 0.15) is 0 Å². The summed E-state index contributed by atoms with van der Waals surface area (Å²) in [7, 11) is 0. The summed E-state index contributed by atoms with van der Waals surface area (Å²) in [5.41, 5.74) is 5.03. The predicted octanol–water partition coefficient (Wildman–Crippen LogP) is 3.46. The fourth-order valence-electron chi connectivity index (χ4n) is 2.44. The third-order valence-corrected chi connectivity index (χ3v) is 3.57. The first kappa shape index (κ1) is 11.4. The summed E-state index contributed by atoms with van der Waals surface area (Å²) in [6.45, 7) is 2.99. The molecule has 3 heteroatoms. The van der Waals surface area contributed by atoms with Crippen LogP contribution in [0.4, 0.5) is 5.69 Å². The van der Waals surface area contributed by atoms with Crippen LogP contribution in [0.2, 0.25) is 0 Å². The third-order valence-electron chi connectivity index (χ3n) is 3.35. The van der Waals surface area contributed by atoms with Crippen molar-refractivity contribution >= 4 is 22.9 Å². The molecule has 2 nitrogen and oxygen atoms in total. The molecule has 0 saturated carbocycles. The van der Waals surface area contributed by atoms with Crippen molar-refractivity contribution in [2.24, 2.45) is 0 Å². The van der Waals surface area contributed by atoms with Crippen molar-refractivity contribution in [3.05, 3.63) is 48.3 Å². The number of rotatable bonds is 1. The molecule has 1 aromatic heterocycles. The molecule has 0 fully saturated rings. The van der Waals surface area contributed by atoms with E-state index in [0.717, 1.165) is 23.5 Å². The summed E-state index contributed by atoms with van der Waals surface area (Å²) in [5, 5.41) is 0. The minimum atomic E-state index is 0.947. The fourth-order valence-corrected chi connectivity index (χ4v) is 2.63. The van der Waals surface area contributed by atoms with Crippen molar-refractivity contribution in [1.82, 2.24) is 4.98 Å². The van der Waals surface area contributed by atoms with Crippen LogP contribution >= 0.6 is 12.2 Å². The molecule has 0 N–H and O–H groups in total. The standard InChI is InChI=1S/C15H14N2S/c1-11(18)17-8-6-13-9-12(4-5-15(13)17)14-3-2-7-16-10-14/h2-5,7,9-10H,6,8H2,1H3. The van der Waals surface area contributed by atoms with E-state index in [1.807, 2.05) is 19.2 Å². The van der Waals surface area contributed by atoms with Crippen molar-refractivity contribution in [3.63, 3.8) is 0 Å². The molecule has 2 aromatic rings. The van der Waals surface area contributed by atoms with Gasteiger partial charge in [-0.05, 0) is 48.2 Å². The maximum absolute atomic E-state index is 5.27. The molecule has 1 aliphatic rings. The van der Waals surface area contributed by atoms with E-state index in [1.54, 1.807) is 6.20 Å². The predicted molar refractivity (Wildman–Crippen MR) is 79.0 cm³/mol. The Morgan fingerprint density at radius 1 is 1.28 bits per heavy atom. The maximum Gasteiger partial charge on any atom is 0.0792 e. The fraction of sp³-hybridized carbons (Fsp3) is 0.200. The number of benzene rings is 1. The van der Waals surface area contributed by atoms with Crippen molar-refractivity contribution < 1.29 is 0 Å². The van der Waals surface area contributed by atoms with Crippen LogP contribution in [0.5, 0.6) is 0 Å².